The molecule has 1 aliphatic carbocycles. The van der Waals surface area contributed by atoms with E-state index in [-0.39, 0.29) is 23.7 Å². The van der Waals surface area contributed by atoms with Crippen molar-refractivity contribution in [1.82, 2.24) is 29.8 Å². The summed E-state index contributed by atoms with van der Waals surface area (Å²) in [4.78, 5) is 44.0. The van der Waals surface area contributed by atoms with E-state index in [1.54, 1.807) is 19.3 Å². The minimum Gasteiger partial charge on any atom is -0.383 e. The number of aromatic nitrogens is 5. The monoisotopic (exact) mass is 560 g/mol. The lowest BCUT2D eigenvalue weighted by Gasteiger charge is -2.26. The number of carbonyl (C=O) groups is 2. The molecule has 0 spiro atoms. The summed E-state index contributed by atoms with van der Waals surface area (Å²) >= 11 is 0. The third kappa shape index (κ3) is 5.18. The second-order valence-corrected chi connectivity index (χ2v) is 10.6. The van der Waals surface area contributed by atoms with E-state index in [1.807, 2.05) is 72.2 Å². The van der Waals surface area contributed by atoms with E-state index < -0.39 is 0 Å². The van der Waals surface area contributed by atoms with Gasteiger partial charge in [-0.2, -0.15) is 0 Å². The Bertz CT molecular complexity index is 1770. The maximum Gasteiger partial charge on any atom is 0.228 e. The molecule has 0 saturated heterocycles. The number of hydrogen-bond donors (Lipinski definition) is 3. The average molecular weight is 561 g/mol. The van der Waals surface area contributed by atoms with Gasteiger partial charge in [0.15, 0.2) is 11.5 Å². The Morgan fingerprint density at radius 2 is 1.60 bits per heavy atom. The maximum atomic E-state index is 13.1. The van der Waals surface area contributed by atoms with Crippen LogP contribution in [0, 0.1) is 18.8 Å². The van der Waals surface area contributed by atoms with Crippen LogP contribution in [0.4, 0.5) is 11.6 Å². The third-order valence-electron chi connectivity index (χ3n) is 7.92. The van der Waals surface area contributed by atoms with Crippen LogP contribution in [0.25, 0.3) is 39.5 Å². The number of nitrogen functional groups attached to an aromatic ring is 1. The lowest BCUT2D eigenvalue weighted by atomic mass is 9.81. The van der Waals surface area contributed by atoms with Gasteiger partial charge in [-0.3, -0.25) is 14.2 Å². The predicted molar refractivity (Wildman–Crippen MR) is 163 cm³/mol. The van der Waals surface area contributed by atoms with Crippen LogP contribution in [-0.2, 0) is 9.59 Å². The van der Waals surface area contributed by atoms with Crippen LogP contribution in [-0.4, -0.2) is 43.4 Å². The molecular formula is C32H32N8O2. The smallest absolute Gasteiger partial charge is 0.228 e. The molecule has 42 heavy (non-hydrogen) atoms. The van der Waals surface area contributed by atoms with Crippen LogP contribution in [0.5, 0.6) is 0 Å². The average Bonchev–Trinajstić information content (AvgIpc) is 3.39. The molecule has 0 radical (unpaired) electrons. The SMILES string of the molecule is CNC(=O)[C@H]1CC[C@H](C(=O)Nc2ccc(-n3c(-c4cccnc4N)nc4ccc(-c5ccccc5)nc43)c(C)n2)CC1. The first-order valence-corrected chi connectivity index (χ1v) is 14.1. The molecule has 0 atom stereocenters. The van der Waals surface area contributed by atoms with Gasteiger partial charge in [-0.05, 0) is 69.0 Å². The Hall–Kier alpha value is -5.12. The Morgan fingerprint density at radius 1 is 0.857 bits per heavy atom. The van der Waals surface area contributed by atoms with E-state index in [0.717, 1.165) is 16.9 Å². The Labute approximate surface area is 243 Å². The third-order valence-corrected chi connectivity index (χ3v) is 7.92. The van der Waals surface area contributed by atoms with E-state index in [2.05, 4.69) is 15.6 Å². The van der Waals surface area contributed by atoms with Gasteiger partial charge in [0, 0.05) is 30.6 Å². The first-order chi connectivity index (χ1) is 20.4. The van der Waals surface area contributed by atoms with E-state index in [4.69, 9.17) is 20.7 Å². The number of imidazole rings is 1. The van der Waals surface area contributed by atoms with Gasteiger partial charge < -0.3 is 16.4 Å². The van der Waals surface area contributed by atoms with Crippen molar-refractivity contribution in [1.29, 1.82) is 0 Å². The molecule has 10 nitrogen and oxygen atoms in total. The Morgan fingerprint density at radius 3 is 2.29 bits per heavy atom. The van der Waals surface area contributed by atoms with Crippen LogP contribution < -0.4 is 16.4 Å². The summed E-state index contributed by atoms with van der Waals surface area (Å²) in [7, 11) is 1.65. The first kappa shape index (κ1) is 27.1. The fourth-order valence-corrected chi connectivity index (χ4v) is 5.65. The van der Waals surface area contributed by atoms with E-state index in [9.17, 15) is 9.59 Å². The number of amides is 2. The summed E-state index contributed by atoms with van der Waals surface area (Å²) in [5, 5.41) is 5.70. The highest BCUT2D eigenvalue weighted by molar-refractivity contribution is 5.92. The van der Waals surface area contributed by atoms with Crippen molar-refractivity contribution in [3.63, 3.8) is 0 Å². The summed E-state index contributed by atoms with van der Waals surface area (Å²) in [6.07, 6.45) is 4.40. The fraction of sp³-hybridized carbons (Fsp3) is 0.250. The number of nitrogens with zero attached hydrogens (tertiary/aromatic N) is 5. The lowest BCUT2D eigenvalue weighted by molar-refractivity contribution is -0.128. The van der Waals surface area contributed by atoms with Crippen molar-refractivity contribution in [2.24, 2.45) is 11.8 Å². The summed E-state index contributed by atoms with van der Waals surface area (Å²) in [5.74, 6) is 1.23. The van der Waals surface area contributed by atoms with E-state index >= 15 is 0 Å². The second kappa shape index (κ2) is 11.4. The topological polar surface area (TPSA) is 141 Å². The molecule has 1 aromatic carbocycles. The fourth-order valence-electron chi connectivity index (χ4n) is 5.65. The van der Waals surface area contributed by atoms with Gasteiger partial charge >= 0.3 is 0 Å². The molecule has 1 fully saturated rings. The number of benzene rings is 1. The number of aryl methyl sites for hydroxylation is 1. The van der Waals surface area contributed by atoms with Gasteiger partial charge in [0.25, 0.3) is 0 Å². The quantitative estimate of drug-likeness (QED) is 0.268. The van der Waals surface area contributed by atoms with Gasteiger partial charge in [0.2, 0.25) is 11.8 Å². The number of anilines is 2. The molecule has 2 amide bonds. The van der Waals surface area contributed by atoms with Crippen LogP contribution in [0.3, 0.4) is 0 Å². The van der Waals surface area contributed by atoms with Crippen LogP contribution in [0.1, 0.15) is 31.4 Å². The highest BCUT2D eigenvalue weighted by Gasteiger charge is 2.30. The van der Waals surface area contributed by atoms with Crippen molar-refractivity contribution in [3.05, 3.63) is 78.6 Å². The summed E-state index contributed by atoms with van der Waals surface area (Å²) in [6.45, 7) is 1.89. The molecule has 5 aromatic rings. The highest BCUT2D eigenvalue weighted by Crippen LogP contribution is 2.33. The van der Waals surface area contributed by atoms with Crippen molar-refractivity contribution in [2.75, 3.05) is 18.1 Å². The Balaban J connectivity index is 1.35. The zero-order valence-electron chi connectivity index (χ0n) is 23.5. The number of nitrogens with two attached hydrogens (primary N) is 1. The minimum absolute atomic E-state index is 0.0252. The molecule has 10 heteroatoms. The van der Waals surface area contributed by atoms with Crippen molar-refractivity contribution < 1.29 is 9.59 Å². The molecule has 1 aliphatic rings. The number of hydrogen-bond acceptors (Lipinski definition) is 7. The van der Waals surface area contributed by atoms with Gasteiger partial charge in [-0.1, -0.05) is 30.3 Å². The zero-order valence-corrected chi connectivity index (χ0v) is 23.5. The normalized spacial score (nSPS) is 16.7. The molecule has 0 aliphatic heterocycles. The number of pyridine rings is 3. The molecule has 0 bridgehead atoms. The van der Waals surface area contributed by atoms with Gasteiger partial charge in [0.05, 0.1) is 22.6 Å². The second-order valence-electron chi connectivity index (χ2n) is 10.6. The van der Waals surface area contributed by atoms with Crippen molar-refractivity contribution >= 4 is 34.6 Å². The molecule has 4 aromatic heterocycles. The van der Waals surface area contributed by atoms with Crippen LogP contribution in [0.2, 0.25) is 0 Å². The molecule has 4 heterocycles. The summed E-state index contributed by atoms with van der Waals surface area (Å²) in [6, 6.07) is 21.3. The van der Waals surface area contributed by atoms with Gasteiger partial charge in [-0.25, -0.2) is 19.9 Å². The number of fused-ring (bicyclic) bond motifs is 1. The van der Waals surface area contributed by atoms with Gasteiger partial charge in [0.1, 0.15) is 17.2 Å². The van der Waals surface area contributed by atoms with Crippen LogP contribution >= 0.6 is 0 Å². The highest BCUT2D eigenvalue weighted by atomic mass is 16.2. The predicted octanol–water partition coefficient (Wildman–Crippen LogP) is 4.93. The number of nitrogens with one attached hydrogen (secondary N) is 2. The molecular weight excluding hydrogens is 528 g/mol. The van der Waals surface area contributed by atoms with E-state index in [1.165, 1.54) is 0 Å². The summed E-state index contributed by atoms with van der Waals surface area (Å²) < 4.78 is 1.95. The summed E-state index contributed by atoms with van der Waals surface area (Å²) in [5.41, 5.74) is 11.6. The maximum absolute atomic E-state index is 13.1. The van der Waals surface area contributed by atoms with E-state index in [0.29, 0.717) is 65.6 Å². The molecule has 212 valence electrons. The number of rotatable bonds is 6. The minimum atomic E-state index is -0.147. The number of carbonyl (C=O) groups excluding carboxylic acids is 2. The zero-order chi connectivity index (χ0) is 29.2. The molecule has 0 unspecified atom stereocenters. The standard InChI is InChI=1S/C32H32N8O2/c1-19-26(16-17-27(36-19)39-32(42)22-12-10-21(11-13-22)31(41)34-2)40-29(23-9-6-18-35-28(23)33)38-25-15-14-24(37-30(25)40)20-7-4-3-5-8-20/h3-9,14-18,21-22H,10-13H2,1-2H3,(H2,33,35)(H,34,41)(H,36,39,42)/t21-,22-. The van der Waals surface area contributed by atoms with Crippen molar-refractivity contribution in [2.45, 2.75) is 32.6 Å². The molecule has 4 N–H and O–H groups in total. The molecule has 1 saturated carbocycles. The van der Waals surface area contributed by atoms with Crippen molar-refractivity contribution in [3.8, 4) is 28.3 Å². The first-order valence-electron chi connectivity index (χ1n) is 14.1. The lowest BCUT2D eigenvalue weighted by Crippen LogP contribution is -2.34. The van der Waals surface area contributed by atoms with Gasteiger partial charge in [-0.15, -0.1) is 0 Å². The molecule has 6 rings (SSSR count). The largest absolute Gasteiger partial charge is 0.383 e. The van der Waals surface area contributed by atoms with Crippen LogP contribution in [0.15, 0.2) is 72.9 Å². The Kier molecular flexibility index (Phi) is 7.35.